The minimum absolute atomic E-state index is 0.811. The molecule has 0 bridgehead atoms. The fourth-order valence-electron chi connectivity index (χ4n) is 3.49. The highest BCUT2D eigenvalue weighted by Gasteiger charge is 2.24. The smallest absolute Gasteiger partial charge is 0.00953 e. The summed E-state index contributed by atoms with van der Waals surface area (Å²) in [5.74, 6) is 0.812. The Bertz CT molecular complexity index is 203. The number of nitrogens with zero attached hydrogens (tertiary/aromatic N) is 1. The fourth-order valence-corrected chi connectivity index (χ4v) is 3.49. The molecule has 1 aliphatic heterocycles. The van der Waals surface area contributed by atoms with E-state index in [1.165, 1.54) is 64.6 Å². The second kappa shape index (κ2) is 6.75. The highest BCUT2D eigenvalue weighted by atomic mass is 15.2. The predicted octanol–water partition coefficient (Wildman–Crippen LogP) is 3.03. The lowest BCUT2D eigenvalue weighted by Crippen LogP contribution is -2.39. The predicted molar refractivity (Wildman–Crippen MR) is 74.3 cm³/mol. The monoisotopic (exact) mass is 238 g/mol. The molecule has 1 atom stereocenters. The van der Waals surface area contributed by atoms with Gasteiger partial charge >= 0.3 is 0 Å². The van der Waals surface area contributed by atoms with Gasteiger partial charge in [0.05, 0.1) is 0 Å². The zero-order chi connectivity index (χ0) is 12.1. The molecule has 1 N–H and O–H groups in total. The topological polar surface area (TPSA) is 15.3 Å². The van der Waals surface area contributed by atoms with Crippen LogP contribution in [0.4, 0.5) is 0 Å². The van der Waals surface area contributed by atoms with Crippen molar-refractivity contribution < 1.29 is 0 Å². The SMILES string of the molecule is CC(C)CN(CCC1CCCN1)C1CCCC1. The second-order valence-electron chi connectivity index (χ2n) is 6.41. The average Bonchev–Trinajstić information content (AvgIpc) is 2.96. The maximum atomic E-state index is 3.63. The van der Waals surface area contributed by atoms with Crippen molar-refractivity contribution in [3.05, 3.63) is 0 Å². The lowest BCUT2D eigenvalue weighted by molar-refractivity contribution is 0.170. The van der Waals surface area contributed by atoms with Gasteiger partial charge in [0.2, 0.25) is 0 Å². The largest absolute Gasteiger partial charge is 0.314 e. The van der Waals surface area contributed by atoms with Crippen molar-refractivity contribution in [3.8, 4) is 0 Å². The van der Waals surface area contributed by atoms with Gasteiger partial charge in [-0.3, -0.25) is 0 Å². The van der Waals surface area contributed by atoms with Crippen LogP contribution >= 0.6 is 0 Å². The van der Waals surface area contributed by atoms with E-state index in [0.29, 0.717) is 0 Å². The van der Waals surface area contributed by atoms with Crippen LogP contribution in [0.25, 0.3) is 0 Å². The molecule has 1 saturated carbocycles. The van der Waals surface area contributed by atoms with Gasteiger partial charge in [0.15, 0.2) is 0 Å². The van der Waals surface area contributed by atoms with E-state index >= 15 is 0 Å². The lowest BCUT2D eigenvalue weighted by atomic mass is 10.1. The molecule has 0 aromatic heterocycles. The maximum Gasteiger partial charge on any atom is 0.00953 e. The molecule has 0 aromatic carbocycles. The van der Waals surface area contributed by atoms with Crippen LogP contribution in [0.15, 0.2) is 0 Å². The Morgan fingerprint density at radius 3 is 2.47 bits per heavy atom. The van der Waals surface area contributed by atoms with Crippen LogP contribution in [0.2, 0.25) is 0 Å². The molecule has 2 aliphatic rings. The van der Waals surface area contributed by atoms with Crippen LogP contribution in [0.3, 0.4) is 0 Å². The first-order valence-electron chi connectivity index (χ1n) is 7.73. The third-order valence-electron chi connectivity index (χ3n) is 4.37. The Morgan fingerprint density at radius 1 is 1.12 bits per heavy atom. The van der Waals surface area contributed by atoms with Crippen LogP contribution in [0, 0.1) is 5.92 Å². The van der Waals surface area contributed by atoms with E-state index in [-0.39, 0.29) is 0 Å². The second-order valence-corrected chi connectivity index (χ2v) is 6.41. The van der Waals surface area contributed by atoms with Gasteiger partial charge in [-0.2, -0.15) is 0 Å². The summed E-state index contributed by atoms with van der Waals surface area (Å²) in [4.78, 5) is 2.79. The molecule has 1 aliphatic carbocycles. The van der Waals surface area contributed by atoms with Gasteiger partial charge in [-0.15, -0.1) is 0 Å². The van der Waals surface area contributed by atoms with Gasteiger partial charge in [-0.05, 0) is 51.1 Å². The lowest BCUT2D eigenvalue weighted by Gasteiger charge is -2.31. The van der Waals surface area contributed by atoms with Gasteiger partial charge in [0, 0.05) is 18.6 Å². The average molecular weight is 238 g/mol. The van der Waals surface area contributed by atoms with Crippen molar-refractivity contribution in [1.29, 1.82) is 0 Å². The molecule has 1 saturated heterocycles. The summed E-state index contributed by atoms with van der Waals surface area (Å²) in [7, 11) is 0. The molecule has 0 aromatic rings. The molecule has 2 rings (SSSR count). The Labute approximate surface area is 107 Å². The number of hydrogen-bond donors (Lipinski definition) is 1. The van der Waals surface area contributed by atoms with E-state index in [1.807, 2.05) is 0 Å². The van der Waals surface area contributed by atoms with Crippen LogP contribution in [-0.2, 0) is 0 Å². The van der Waals surface area contributed by atoms with Crippen LogP contribution in [0.1, 0.15) is 58.8 Å². The van der Waals surface area contributed by atoms with Gasteiger partial charge in [-0.1, -0.05) is 26.7 Å². The van der Waals surface area contributed by atoms with E-state index in [4.69, 9.17) is 0 Å². The van der Waals surface area contributed by atoms with E-state index in [0.717, 1.165) is 18.0 Å². The first kappa shape index (κ1) is 13.4. The molecule has 17 heavy (non-hydrogen) atoms. The summed E-state index contributed by atoms with van der Waals surface area (Å²) in [5.41, 5.74) is 0. The number of hydrogen-bond acceptors (Lipinski definition) is 2. The first-order chi connectivity index (χ1) is 8.25. The number of nitrogens with one attached hydrogen (secondary N) is 1. The molecular weight excluding hydrogens is 208 g/mol. The van der Waals surface area contributed by atoms with Gasteiger partial charge < -0.3 is 10.2 Å². The highest BCUT2D eigenvalue weighted by molar-refractivity contribution is 4.81. The molecule has 0 radical (unpaired) electrons. The first-order valence-corrected chi connectivity index (χ1v) is 7.73. The third kappa shape index (κ3) is 4.26. The van der Waals surface area contributed by atoms with E-state index in [9.17, 15) is 0 Å². The standard InChI is InChI=1S/C15H30N2/c1-13(2)12-17(15-7-3-4-8-15)11-9-14-6-5-10-16-14/h13-16H,3-12H2,1-2H3. The molecule has 0 amide bonds. The van der Waals surface area contributed by atoms with Crippen molar-refractivity contribution in [2.24, 2.45) is 5.92 Å². The highest BCUT2D eigenvalue weighted by Crippen LogP contribution is 2.25. The summed E-state index contributed by atoms with van der Waals surface area (Å²) >= 11 is 0. The van der Waals surface area contributed by atoms with Gasteiger partial charge in [0.25, 0.3) is 0 Å². The third-order valence-corrected chi connectivity index (χ3v) is 4.37. The maximum absolute atomic E-state index is 3.63. The summed E-state index contributed by atoms with van der Waals surface area (Å²) in [6, 6.07) is 1.71. The summed E-state index contributed by atoms with van der Waals surface area (Å²) in [6.07, 6.45) is 9.97. The minimum Gasteiger partial charge on any atom is -0.314 e. The molecular formula is C15H30N2. The van der Waals surface area contributed by atoms with Gasteiger partial charge in [0.1, 0.15) is 0 Å². The van der Waals surface area contributed by atoms with Crippen LogP contribution in [0.5, 0.6) is 0 Å². The van der Waals surface area contributed by atoms with E-state index in [1.54, 1.807) is 0 Å². The molecule has 100 valence electrons. The molecule has 1 heterocycles. The van der Waals surface area contributed by atoms with E-state index < -0.39 is 0 Å². The van der Waals surface area contributed by atoms with Crippen LogP contribution in [-0.4, -0.2) is 36.6 Å². The zero-order valence-corrected chi connectivity index (χ0v) is 11.8. The minimum atomic E-state index is 0.811. The van der Waals surface area contributed by atoms with Crippen molar-refractivity contribution in [1.82, 2.24) is 10.2 Å². The molecule has 2 fully saturated rings. The fraction of sp³-hybridized carbons (Fsp3) is 1.00. The van der Waals surface area contributed by atoms with Crippen molar-refractivity contribution in [2.45, 2.75) is 70.9 Å². The Morgan fingerprint density at radius 2 is 1.88 bits per heavy atom. The molecule has 2 nitrogen and oxygen atoms in total. The van der Waals surface area contributed by atoms with Crippen LogP contribution < -0.4 is 5.32 Å². The van der Waals surface area contributed by atoms with Crippen molar-refractivity contribution >= 4 is 0 Å². The van der Waals surface area contributed by atoms with E-state index in [2.05, 4.69) is 24.1 Å². The van der Waals surface area contributed by atoms with Crippen molar-refractivity contribution in [2.75, 3.05) is 19.6 Å². The Balaban J connectivity index is 1.76. The molecule has 2 heteroatoms. The quantitative estimate of drug-likeness (QED) is 0.765. The summed E-state index contributed by atoms with van der Waals surface area (Å²) in [6.45, 7) is 8.59. The van der Waals surface area contributed by atoms with Gasteiger partial charge in [-0.25, -0.2) is 0 Å². The molecule has 1 unspecified atom stereocenters. The Hall–Kier alpha value is -0.0800. The molecule has 0 spiro atoms. The van der Waals surface area contributed by atoms with Crippen molar-refractivity contribution in [3.63, 3.8) is 0 Å². The zero-order valence-electron chi connectivity index (χ0n) is 11.8. The normalized spacial score (nSPS) is 26.5. The summed E-state index contributed by atoms with van der Waals surface area (Å²) in [5, 5.41) is 3.63. The number of rotatable bonds is 6. The summed E-state index contributed by atoms with van der Waals surface area (Å²) < 4.78 is 0. The Kier molecular flexibility index (Phi) is 5.30.